The Morgan fingerprint density at radius 3 is 2.65 bits per heavy atom. The zero-order valence-corrected chi connectivity index (χ0v) is 13.5. The highest BCUT2D eigenvalue weighted by Gasteiger charge is 2.35. The molecule has 0 aliphatic rings. The molecule has 0 radical (unpaired) electrons. The molecule has 136 valence electrons. The number of aromatic nitrogens is 4. The third-order valence-electron chi connectivity index (χ3n) is 3.58. The number of halogens is 4. The van der Waals surface area contributed by atoms with Gasteiger partial charge in [-0.1, -0.05) is 18.2 Å². The third kappa shape index (κ3) is 3.73. The van der Waals surface area contributed by atoms with Gasteiger partial charge in [0, 0.05) is 24.9 Å². The van der Waals surface area contributed by atoms with Crippen LogP contribution in [0.1, 0.15) is 21.7 Å². The van der Waals surface area contributed by atoms with E-state index in [9.17, 15) is 22.4 Å². The summed E-state index contributed by atoms with van der Waals surface area (Å²) in [5, 5.41) is 9.97. The fraction of sp³-hybridized carbons (Fsp3) is 0.188. The zero-order chi connectivity index (χ0) is 18.9. The van der Waals surface area contributed by atoms with Gasteiger partial charge in [-0.25, -0.2) is 4.39 Å². The third-order valence-corrected chi connectivity index (χ3v) is 3.58. The lowest BCUT2D eigenvalue weighted by Crippen LogP contribution is -2.12. The molecule has 0 saturated carbocycles. The van der Waals surface area contributed by atoms with Gasteiger partial charge in [0.25, 0.3) is 5.91 Å². The first-order valence-electron chi connectivity index (χ1n) is 7.42. The number of amides is 1. The van der Waals surface area contributed by atoms with Gasteiger partial charge in [-0.15, -0.1) is 0 Å². The number of nitrogens with zero attached hydrogens (tertiary/aromatic N) is 4. The van der Waals surface area contributed by atoms with Crippen LogP contribution in [0.4, 0.5) is 23.2 Å². The second kappa shape index (κ2) is 6.62. The normalized spacial score (nSPS) is 11.6. The minimum absolute atomic E-state index is 0.143. The number of aryl methyl sites for hydroxylation is 1. The van der Waals surface area contributed by atoms with Gasteiger partial charge in [0.05, 0.1) is 18.4 Å². The maximum atomic E-state index is 13.6. The molecule has 1 amide bonds. The van der Waals surface area contributed by atoms with E-state index >= 15 is 0 Å². The lowest BCUT2D eigenvalue weighted by atomic mass is 10.2. The predicted octanol–water partition coefficient (Wildman–Crippen LogP) is 3.08. The molecular weight excluding hydrogens is 354 g/mol. The molecule has 26 heavy (non-hydrogen) atoms. The molecule has 0 saturated heterocycles. The van der Waals surface area contributed by atoms with E-state index in [1.807, 2.05) is 0 Å². The molecule has 1 N–H and O–H groups in total. The van der Waals surface area contributed by atoms with Crippen molar-refractivity contribution in [3.05, 3.63) is 65.5 Å². The monoisotopic (exact) mass is 367 g/mol. The summed E-state index contributed by atoms with van der Waals surface area (Å²) in [6.45, 7) is 0.143. The summed E-state index contributed by atoms with van der Waals surface area (Å²) in [4.78, 5) is 12.1. The Hall–Kier alpha value is -3.17. The molecule has 0 atom stereocenters. The summed E-state index contributed by atoms with van der Waals surface area (Å²) >= 11 is 0. The molecule has 0 fully saturated rings. The number of benzene rings is 1. The van der Waals surface area contributed by atoms with Crippen molar-refractivity contribution in [1.82, 2.24) is 19.6 Å². The number of nitrogens with one attached hydrogen (secondary N) is 1. The maximum Gasteiger partial charge on any atom is 0.433 e. The van der Waals surface area contributed by atoms with E-state index in [1.54, 1.807) is 18.2 Å². The van der Waals surface area contributed by atoms with Crippen molar-refractivity contribution < 1.29 is 22.4 Å². The molecule has 3 aromatic rings. The van der Waals surface area contributed by atoms with E-state index in [-0.39, 0.29) is 23.7 Å². The van der Waals surface area contributed by atoms with Gasteiger partial charge in [-0.05, 0) is 6.07 Å². The predicted molar refractivity (Wildman–Crippen MR) is 83.9 cm³/mol. The molecule has 3 rings (SSSR count). The Kier molecular flexibility index (Phi) is 4.49. The first-order chi connectivity index (χ1) is 12.2. The van der Waals surface area contributed by atoms with Crippen molar-refractivity contribution in [2.24, 2.45) is 7.05 Å². The van der Waals surface area contributed by atoms with E-state index in [0.717, 1.165) is 7.05 Å². The highest BCUT2D eigenvalue weighted by atomic mass is 19.4. The minimum Gasteiger partial charge on any atom is -0.318 e. The van der Waals surface area contributed by atoms with Crippen LogP contribution >= 0.6 is 0 Å². The molecule has 0 bridgehead atoms. The van der Waals surface area contributed by atoms with Crippen molar-refractivity contribution in [3.63, 3.8) is 0 Å². The molecule has 2 aromatic heterocycles. The standard InChI is InChI=1S/C16H13F4N5O/c1-24-14(16(18,19)20)6-13(23-24)15(26)22-11-7-21-25(9-11)8-10-4-2-3-5-12(10)17/h2-7,9H,8H2,1H3,(H,22,26). The Morgan fingerprint density at radius 2 is 2.00 bits per heavy atom. The van der Waals surface area contributed by atoms with Gasteiger partial charge >= 0.3 is 6.18 Å². The Labute approximate surface area is 145 Å². The average molecular weight is 367 g/mol. The highest BCUT2D eigenvalue weighted by Crippen LogP contribution is 2.29. The van der Waals surface area contributed by atoms with Crippen molar-refractivity contribution >= 4 is 11.6 Å². The SMILES string of the molecule is Cn1nc(C(=O)Nc2cnn(Cc3ccccc3F)c2)cc1C(F)(F)F. The number of hydrogen-bond acceptors (Lipinski definition) is 3. The molecule has 0 unspecified atom stereocenters. The number of hydrogen-bond donors (Lipinski definition) is 1. The van der Waals surface area contributed by atoms with Crippen LogP contribution in [0.15, 0.2) is 42.7 Å². The van der Waals surface area contributed by atoms with Gasteiger partial charge in [-0.2, -0.15) is 23.4 Å². The summed E-state index contributed by atoms with van der Waals surface area (Å²) in [5.41, 5.74) is -0.738. The summed E-state index contributed by atoms with van der Waals surface area (Å²) in [6.07, 6.45) is -1.85. The van der Waals surface area contributed by atoms with E-state index < -0.39 is 17.8 Å². The van der Waals surface area contributed by atoms with Gasteiger partial charge in [0.15, 0.2) is 5.69 Å². The Bertz CT molecular complexity index is 944. The topological polar surface area (TPSA) is 64.7 Å². The van der Waals surface area contributed by atoms with Gasteiger partial charge in [0.1, 0.15) is 11.5 Å². The van der Waals surface area contributed by atoms with Gasteiger partial charge in [0.2, 0.25) is 0 Å². The lowest BCUT2D eigenvalue weighted by Gasteiger charge is -2.04. The van der Waals surface area contributed by atoms with E-state index in [1.165, 1.54) is 23.1 Å². The van der Waals surface area contributed by atoms with Crippen LogP contribution < -0.4 is 5.32 Å². The summed E-state index contributed by atoms with van der Waals surface area (Å²) < 4.78 is 53.9. The smallest absolute Gasteiger partial charge is 0.318 e. The van der Waals surface area contributed by atoms with Crippen LogP contribution in [-0.4, -0.2) is 25.5 Å². The number of carbonyl (C=O) groups excluding carboxylic acids is 1. The fourth-order valence-corrected chi connectivity index (χ4v) is 2.35. The van der Waals surface area contributed by atoms with Crippen molar-refractivity contribution in [1.29, 1.82) is 0 Å². The highest BCUT2D eigenvalue weighted by molar-refractivity contribution is 6.02. The second-order valence-electron chi connectivity index (χ2n) is 5.51. The second-order valence-corrected chi connectivity index (χ2v) is 5.51. The quantitative estimate of drug-likeness (QED) is 0.721. The average Bonchev–Trinajstić information content (AvgIpc) is 3.16. The van der Waals surface area contributed by atoms with Crippen LogP contribution in [0.5, 0.6) is 0 Å². The minimum atomic E-state index is -4.61. The first-order valence-corrected chi connectivity index (χ1v) is 7.42. The molecule has 2 heterocycles. The summed E-state index contributed by atoms with van der Waals surface area (Å²) in [7, 11) is 1.10. The summed E-state index contributed by atoms with van der Waals surface area (Å²) in [5.74, 6) is -1.19. The lowest BCUT2D eigenvalue weighted by molar-refractivity contribution is -0.143. The zero-order valence-electron chi connectivity index (χ0n) is 13.5. The van der Waals surface area contributed by atoms with Crippen LogP contribution in [0.3, 0.4) is 0 Å². The van der Waals surface area contributed by atoms with Crippen LogP contribution in [0, 0.1) is 5.82 Å². The van der Waals surface area contributed by atoms with E-state index in [0.29, 0.717) is 16.3 Å². The molecule has 1 aromatic carbocycles. The number of anilines is 1. The van der Waals surface area contributed by atoms with Crippen LogP contribution in [-0.2, 0) is 19.8 Å². The fourth-order valence-electron chi connectivity index (χ4n) is 2.35. The van der Waals surface area contributed by atoms with E-state index in [2.05, 4.69) is 15.5 Å². The van der Waals surface area contributed by atoms with E-state index in [4.69, 9.17) is 0 Å². The number of alkyl halides is 3. The summed E-state index contributed by atoms with van der Waals surface area (Å²) in [6, 6.07) is 6.83. The van der Waals surface area contributed by atoms with Crippen molar-refractivity contribution in [2.75, 3.05) is 5.32 Å². The molecule has 10 heteroatoms. The first kappa shape index (κ1) is 17.6. The molecule has 0 aliphatic carbocycles. The number of rotatable bonds is 4. The Balaban J connectivity index is 1.71. The van der Waals surface area contributed by atoms with Crippen LogP contribution in [0.25, 0.3) is 0 Å². The largest absolute Gasteiger partial charge is 0.433 e. The van der Waals surface area contributed by atoms with Gasteiger partial charge in [-0.3, -0.25) is 14.2 Å². The van der Waals surface area contributed by atoms with Crippen molar-refractivity contribution in [2.45, 2.75) is 12.7 Å². The van der Waals surface area contributed by atoms with Gasteiger partial charge < -0.3 is 5.32 Å². The molecule has 0 aliphatic heterocycles. The molecule has 6 nitrogen and oxygen atoms in total. The van der Waals surface area contributed by atoms with Crippen molar-refractivity contribution in [3.8, 4) is 0 Å². The maximum absolute atomic E-state index is 13.6. The Morgan fingerprint density at radius 1 is 1.27 bits per heavy atom. The molecular formula is C16H13F4N5O. The van der Waals surface area contributed by atoms with Crippen LogP contribution in [0.2, 0.25) is 0 Å². The number of carbonyl (C=O) groups is 1. The molecule has 0 spiro atoms.